The molecule has 3 aromatic heterocycles. The molecule has 0 atom stereocenters. The summed E-state index contributed by atoms with van der Waals surface area (Å²) in [4.78, 5) is 25.5. The quantitative estimate of drug-likeness (QED) is 0.433. The maximum atomic E-state index is 13.3. The highest BCUT2D eigenvalue weighted by atomic mass is 32.2. The monoisotopic (exact) mass is 428 g/mol. The number of hydrogen-bond donors (Lipinski definition) is 0. The molecule has 154 valence electrons. The first-order valence-corrected chi connectivity index (χ1v) is 12.3. The van der Waals surface area contributed by atoms with Crippen molar-refractivity contribution < 1.29 is 4.79 Å². The maximum Gasteiger partial charge on any atom is 0.264 e. The fraction of sp³-hybridized carbons (Fsp3) is 0.500. The van der Waals surface area contributed by atoms with E-state index in [2.05, 4.69) is 23.4 Å². The Hall–Kier alpha value is -1.86. The molecule has 0 bridgehead atoms. The van der Waals surface area contributed by atoms with Crippen molar-refractivity contribution in [2.24, 2.45) is 11.8 Å². The molecule has 1 aliphatic carbocycles. The molecule has 29 heavy (non-hydrogen) atoms. The molecule has 1 saturated carbocycles. The van der Waals surface area contributed by atoms with Gasteiger partial charge in [0.15, 0.2) is 5.65 Å². The number of imidazole rings is 1. The average molecular weight is 429 g/mol. The van der Waals surface area contributed by atoms with Gasteiger partial charge in [-0.05, 0) is 61.6 Å². The molecule has 0 aliphatic heterocycles. The summed E-state index contributed by atoms with van der Waals surface area (Å²) in [6.07, 6.45) is 7.40. The lowest BCUT2D eigenvalue weighted by molar-refractivity contribution is 0.0734. The van der Waals surface area contributed by atoms with Crippen LogP contribution in [0.25, 0.3) is 11.2 Å². The third kappa shape index (κ3) is 4.83. The smallest absolute Gasteiger partial charge is 0.264 e. The first-order chi connectivity index (χ1) is 14.0. The summed E-state index contributed by atoms with van der Waals surface area (Å²) in [6, 6.07) is 7.93. The van der Waals surface area contributed by atoms with Crippen molar-refractivity contribution in [1.29, 1.82) is 0 Å². The molecule has 0 N–H and O–H groups in total. The molecule has 0 radical (unpaired) electrons. The minimum atomic E-state index is 0.105. The van der Waals surface area contributed by atoms with Crippen LogP contribution in [-0.2, 0) is 13.1 Å². The Kier molecular flexibility index (Phi) is 6.25. The van der Waals surface area contributed by atoms with E-state index in [0.29, 0.717) is 12.5 Å². The highest BCUT2D eigenvalue weighted by Crippen LogP contribution is 2.32. The molecule has 5 nitrogen and oxygen atoms in total. The molecule has 1 amide bonds. The van der Waals surface area contributed by atoms with Crippen LogP contribution in [0.1, 0.15) is 48.6 Å². The summed E-state index contributed by atoms with van der Waals surface area (Å²) in [5.74, 6) is 2.31. The predicted molar refractivity (Wildman–Crippen MR) is 121 cm³/mol. The number of nitrogens with zero attached hydrogens (tertiary/aromatic N) is 4. The van der Waals surface area contributed by atoms with E-state index in [1.165, 1.54) is 17.1 Å². The number of aromatic nitrogens is 3. The number of thioether (sulfide) groups is 1. The molecular formula is C22H28N4OS2. The van der Waals surface area contributed by atoms with Gasteiger partial charge in [-0.2, -0.15) is 0 Å². The summed E-state index contributed by atoms with van der Waals surface area (Å²) in [5, 5.41) is 0. The minimum absolute atomic E-state index is 0.105. The van der Waals surface area contributed by atoms with E-state index < -0.39 is 0 Å². The Morgan fingerprint density at radius 1 is 1.34 bits per heavy atom. The number of rotatable bonds is 9. The van der Waals surface area contributed by atoms with Gasteiger partial charge in [0.1, 0.15) is 11.3 Å². The molecule has 0 saturated heterocycles. The second kappa shape index (κ2) is 8.88. The molecule has 7 heteroatoms. The Morgan fingerprint density at radius 2 is 2.17 bits per heavy atom. The molecule has 3 heterocycles. The van der Waals surface area contributed by atoms with Crippen LogP contribution in [0.2, 0.25) is 0 Å². The van der Waals surface area contributed by atoms with Crippen LogP contribution in [0.3, 0.4) is 0 Å². The molecule has 3 aromatic rings. The van der Waals surface area contributed by atoms with Crippen molar-refractivity contribution in [3.8, 4) is 0 Å². The van der Waals surface area contributed by atoms with Gasteiger partial charge in [0, 0.05) is 19.3 Å². The van der Waals surface area contributed by atoms with E-state index in [0.717, 1.165) is 47.3 Å². The summed E-state index contributed by atoms with van der Waals surface area (Å²) >= 11 is 3.26. The normalized spacial score (nSPS) is 14.1. The third-order valence-corrected chi connectivity index (χ3v) is 7.47. The highest BCUT2D eigenvalue weighted by molar-refractivity contribution is 8.00. The van der Waals surface area contributed by atoms with Gasteiger partial charge in [-0.1, -0.05) is 13.8 Å². The minimum Gasteiger partial charge on any atom is -0.330 e. The molecular weight excluding hydrogens is 400 g/mol. The molecule has 4 rings (SSSR count). The predicted octanol–water partition coefficient (Wildman–Crippen LogP) is 5.31. The zero-order valence-electron chi connectivity index (χ0n) is 17.3. The van der Waals surface area contributed by atoms with Gasteiger partial charge in [-0.3, -0.25) is 4.79 Å². The van der Waals surface area contributed by atoms with Crippen LogP contribution in [0.5, 0.6) is 0 Å². The Bertz CT molecular complexity index is 990. The number of hydrogen-bond acceptors (Lipinski definition) is 5. The van der Waals surface area contributed by atoms with E-state index >= 15 is 0 Å². The van der Waals surface area contributed by atoms with E-state index in [9.17, 15) is 4.79 Å². The van der Waals surface area contributed by atoms with Crippen molar-refractivity contribution in [2.75, 3.05) is 12.8 Å². The topological polar surface area (TPSA) is 51.0 Å². The standard InChI is InChI=1S/C22H28N4OS2/c1-15(2)10-12-25(22(27)18-8-9-20(28-3)29-18)14-19-24-17-5-4-11-23-21(17)26(19)13-16-6-7-16/h4-5,8-9,11,15-16H,6-7,10,12-14H2,1-3H3. The first kappa shape index (κ1) is 20.4. The lowest BCUT2D eigenvalue weighted by Gasteiger charge is -2.23. The molecule has 0 aromatic carbocycles. The SMILES string of the molecule is CSc1ccc(C(=O)N(CCC(C)C)Cc2nc3cccnc3n2CC2CC2)s1. The third-order valence-electron chi connectivity index (χ3n) is 5.31. The Labute approximate surface area is 180 Å². The summed E-state index contributed by atoms with van der Waals surface area (Å²) in [5.41, 5.74) is 1.85. The van der Waals surface area contributed by atoms with Crippen LogP contribution in [-0.4, -0.2) is 38.1 Å². The Morgan fingerprint density at radius 3 is 2.86 bits per heavy atom. The highest BCUT2D eigenvalue weighted by Gasteiger charge is 2.26. The van der Waals surface area contributed by atoms with Crippen molar-refractivity contribution >= 4 is 40.2 Å². The molecule has 0 spiro atoms. The lowest BCUT2D eigenvalue weighted by Crippen LogP contribution is -2.33. The van der Waals surface area contributed by atoms with Crippen LogP contribution in [0, 0.1) is 11.8 Å². The fourth-order valence-corrected chi connectivity index (χ4v) is 4.93. The summed E-state index contributed by atoms with van der Waals surface area (Å²) < 4.78 is 3.41. The second-order valence-corrected chi connectivity index (χ2v) is 10.4. The number of carbonyl (C=O) groups is 1. The van der Waals surface area contributed by atoms with Gasteiger partial charge >= 0.3 is 0 Å². The number of amides is 1. The van der Waals surface area contributed by atoms with E-state index in [4.69, 9.17) is 4.98 Å². The number of pyridine rings is 1. The molecule has 0 unspecified atom stereocenters. The van der Waals surface area contributed by atoms with E-state index in [-0.39, 0.29) is 5.91 Å². The first-order valence-electron chi connectivity index (χ1n) is 10.3. The van der Waals surface area contributed by atoms with Crippen LogP contribution in [0.15, 0.2) is 34.7 Å². The van der Waals surface area contributed by atoms with Crippen LogP contribution >= 0.6 is 23.1 Å². The van der Waals surface area contributed by atoms with E-state index in [1.54, 1.807) is 23.1 Å². The zero-order valence-corrected chi connectivity index (χ0v) is 18.9. The van der Waals surface area contributed by atoms with Crippen LogP contribution in [0.4, 0.5) is 0 Å². The van der Waals surface area contributed by atoms with Crippen molar-refractivity contribution in [2.45, 2.75) is 50.4 Å². The second-order valence-electron chi connectivity index (χ2n) is 8.16. The van der Waals surface area contributed by atoms with Gasteiger partial charge < -0.3 is 9.47 Å². The zero-order chi connectivity index (χ0) is 20.4. The number of fused-ring (bicyclic) bond motifs is 1. The molecule has 1 fully saturated rings. The van der Waals surface area contributed by atoms with Crippen LogP contribution < -0.4 is 0 Å². The summed E-state index contributed by atoms with van der Waals surface area (Å²) in [7, 11) is 0. The van der Waals surface area contributed by atoms with Crippen molar-refractivity contribution in [3.05, 3.63) is 41.2 Å². The Balaban J connectivity index is 1.63. The average Bonchev–Trinajstić information content (AvgIpc) is 3.29. The van der Waals surface area contributed by atoms with Crippen molar-refractivity contribution in [1.82, 2.24) is 19.4 Å². The largest absolute Gasteiger partial charge is 0.330 e. The summed E-state index contributed by atoms with van der Waals surface area (Å²) in [6.45, 7) is 6.62. The van der Waals surface area contributed by atoms with Gasteiger partial charge in [-0.25, -0.2) is 9.97 Å². The fourth-order valence-electron chi connectivity index (χ4n) is 3.41. The van der Waals surface area contributed by atoms with Gasteiger partial charge in [-0.15, -0.1) is 23.1 Å². The molecule has 1 aliphatic rings. The lowest BCUT2D eigenvalue weighted by atomic mass is 10.1. The van der Waals surface area contributed by atoms with Crippen molar-refractivity contribution in [3.63, 3.8) is 0 Å². The maximum absolute atomic E-state index is 13.3. The van der Waals surface area contributed by atoms with Gasteiger partial charge in [0.05, 0.1) is 15.6 Å². The number of carbonyl (C=O) groups excluding carboxylic acids is 1. The number of thiophene rings is 1. The van der Waals surface area contributed by atoms with E-state index in [1.807, 2.05) is 41.6 Å². The van der Waals surface area contributed by atoms with Gasteiger partial charge in [0.2, 0.25) is 0 Å². The van der Waals surface area contributed by atoms with Gasteiger partial charge in [0.25, 0.3) is 5.91 Å².